The summed E-state index contributed by atoms with van der Waals surface area (Å²) in [4.78, 5) is 36.6. The van der Waals surface area contributed by atoms with Crippen molar-refractivity contribution in [2.24, 2.45) is 0 Å². The number of esters is 2. The third-order valence-electron chi connectivity index (χ3n) is 7.99. The van der Waals surface area contributed by atoms with Crippen molar-refractivity contribution in [1.82, 2.24) is 0 Å². The van der Waals surface area contributed by atoms with E-state index < -0.39 is 18.1 Å². The number of nitrogens with zero attached hydrogens (tertiary/aromatic N) is 1. The summed E-state index contributed by atoms with van der Waals surface area (Å²) in [6, 6.07) is -0.617. The number of likely N-dealkylation sites (N-methyl/N-ethyl adjacent to an activating group) is 1. The topological polar surface area (TPSA) is 99.1 Å². The zero-order valence-electron chi connectivity index (χ0n) is 31.2. The Morgan fingerprint density at radius 2 is 1.17 bits per heavy atom. The lowest BCUT2D eigenvalue weighted by molar-refractivity contribution is -0.887. The molecule has 48 heavy (non-hydrogen) atoms. The highest BCUT2D eigenvalue weighted by atomic mass is 16.6. The van der Waals surface area contributed by atoms with Crippen LogP contribution in [0.15, 0.2) is 48.6 Å². The van der Waals surface area contributed by atoms with Crippen molar-refractivity contribution in [2.45, 2.75) is 148 Å². The number of unbranched alkanes of at least 4 members (excludes halogenated alkanes) is 10. The summed E-state index contributed by atoms with van der Waals surface area (Å²) >= 11 is 0. The first kappa shape index (κ1) is 45.3. The number of hydrogen-bond donors (Lipinski definition) is 1. The number of ether oxygens (including phenoxy) is 3. The van der Waals surface area contributed by atoms with Crippen molar-refractivity contribution in [2.75, 3.05) is 41.0 Å². The maximum Gasteiger partial charge on any atom is 0.362 e. The third kappa shape index (κ3) is 29.4. The SMILES string of the molecule is CC/C=C\C/C=C\C/C=C\C/C=C\CCCCCCC(=O)OC(COCCC(C(=O)O)[N+](C)(C)C)COC(=O)CCCCCCCCC. The number of carbonyl (C=O) groups is 3. The molecule has 0 fully saturated rings. The first-order valence-electron chi connectivity index (χ1n) is 18.7. The first-order valence-corrected chi connectivity index (χ1v) is 18.7. The minimum Gasteiger partial charge on any atom is -0.477 e. The van der Waals surface area contributed by atoms with Gasteiger partial charge in [-0.3, -0.25) is 9.59 Å². The summed E-state index contributed by atoms with van der Waals surface area (Å²) in [7, 11) is 5.50. The van der Waals surface area contributed by atoms with Crippen molar-refractivity contribution in [3.05, 3.63) is 48.6 Å². The molecule has 0 amide bonds. The highest BCUT2D eigenvalue weighted by Crippen LogP contribution is 2.12. The molecule has 0 spiro atoms. The third-order valence-corrected chi connectivity index (χ3v) is 7.99. The van der Waals surface area contributed by atoms with E-state index in [9.17, 15) is 19.5 Å². The largest absolute Gasteiger partial charge is 0.477 e. The van der Waals surface area contributed by atoms with E-state index in [0.717, 1.165) is 77.0 Å². The summed E-state index contributed by atoms with van der Waals surface area (Å²) in [5, 5.41) is 9.56. The van der Waals surface area contributed by atoms with Gasteiger partial charge >= 0.3 is 17.9 Å². The molecule has 0 rings (SSSR count). The molecule has 2 unspecified atom stereocenters. The summed E-state index contributed by atoms with van der Waals surface area (Å²) in [6.45, 7) is 4.53. The van der Waals surface area contributed by atoms with Gasteiger partial charge in [0.15, 0.2) is 12.1 Å². The lowest BCUT2D eigenvalue weighted by Crippen LogP contribution is -2.50. The van der Waals surface area contributed by atoms with Crippen molar-refractivity contribution in [3.8, 4) is 0 Å². The number of carboxylic acid groups (broad SMARTS) is 1. The van der Waals surface area contributed by atoms with Crippen molar-refractivity contribution < 1.29 is 38.2 Å². The Hall–Kier alpha value is -2.71. The van der Waals surface area contributed by atoms with Crippen LogP contribution in [0.2, 0.25) is 0 Å². The molecule has 2 atom stereocenters. The number of allylic oxidation sites excluding steroid dienone is 8. The van der Waals surface area contributed by atoms with Crippen molar-refractivity contribution in [3.63, 3.8) is 0 Å². The molecule has 0 aliphatic carbocycles. The summed E-state index contributed by atoms with van der Waals surface area (Å²) in [6.07, 6.45) is 34.5. The number of quaternary nitrogens is 1. The Morgan fingerprint density at radius 3 is 1.73 bits per heavy atom. The van der Waals surface area contributed by atoms with Crippen LogP contribution in [0.5, 0.6) is 0 Å². The van der Waals surface area contributed by atoms with E-state index in [1.807, 2.05) is 21.1 Å². The average molecular weight is 677 g/mol. The molecular formula is C40H70NO7+. The lowest BCUT2D eigenvalue weighted by Gasteiger charge is -2.31. The van der Waals surface area contributed by atoms with Crippen LogP contribution in [0, 0.1) is 0 Å². The van der Waals surface area contributed by atoms with Crippen molar-refractivity contribution in [1.29, 1.82) is 0 Å². The molecule has 0 aromatic heterocycles. The fourth-order valence-electron chi connectivity index (χ4n) is 5.08. The van der Waals surface area contributed by atoms with E-state index >= 15 is 0 Å². The summed E-state index contributed by atoms with van der Waals surface area (Å²) < 4.78 is 17.1. The number of carbonyl (C=O) groups excluding carboxylic acids is 2. The van der Waals surface area contributed by atoms with Gasteiger partial charge in [-0.15, -0.1) is 0 Å². The zero-order chi connectivity index (χ0) is 35.7. The van der Waals surface area contributed by atoms with Gasteiger partial charge in [0.2, 0.25) is 0 Å². The van der Waals surface area contributed by atoms with Gasteiger partial charge in [-0.25, -0.2) is 4.79 Å². The fourth-order valence-corrected chi connectivity index (χ4v) is 5.08. The normalized spacial score (nSPS) is 13.6. The number of aliphatic carboxylic acids is 1. The van der Waals surface area contributed by atoms with E-state index in [1.165, 1.54) is 25.7 Å². The lowest BCUT2D eigenvalue weighted by atomic mass is 10.1. The van der Waals surface area contributed by atoms with Gasteiger partial charge in [0, 0.05) is 19.3 Å². The molecule has 8 heteroatoms. The average Bonchev–Trinajstić information content (AvgIpc) is 3.03. The molecule has 0 aliphatic heterocycles. The van der Waals surface area contributed by atoms with Crippen LogP contribution in [0.25, 0.3) is 0 Å². The number of hydrogen-bond acceptors (Lipinski definition) is 6. The molecule has 0 aromatic rings. The minimum atomic E-state index is -0.883. The standard InChI is InChI=1S/C40H69NO7/c1-6-8-10-12-14-15-16-17-18-19-20-21-22-23-25-27-29-31-39(43)48-36(34-46-33-32-37(40(44)45)41(3,4)5)35-47-38(42)30-28-26-24-13-11-9-7-2/h8,10,14-15,17-18,20-21,36-37H,6-7,9,11-13,16,19,22-35H2,1-5H3/p+1/b10-8-,15-14-,18-17-,21-20-. The predicted molar refractivity (Wildman–Crippen MR) is 197 cm³/mol. The molecule has 0 aliphatic rings. The molecule has 1 N–H and O–H groups in total. The van der Waals surface area contributed by atoms with E-state index in [2.05, 4.69) is 62.5 Å². The van der Waals surface area contributed by atoms with Gasteiger partial charge in [0.25, 0.3) is 0 Å². The maximum atomic E-state index is 12.6. The Bertz CT molecular complexity index is 932. The van der Waals surface area contributed by atoms with Gasteiger partial charge in [-0.05, 0) is 51.4 Å². The number of carboxylic acids is 1. The second-order valence-electron chi connectivity index (χ2n) is 13.5. The predicted octanol–water partition coefficient (Wildman–Crippen LogP) is 9.29. The van der Waals surface area contributed by atoms with Crippen LogP contribution in [-0.4, -0.2) is 80.6 Å². The van der Waals surface area contributed by atoms with Crippen LogP contribution >= 0.6 is 0 Å². The molecule has 0 saturated carbocycles. The Balaban J connectivity index is 4.43. The summed E-state index contributed by atoms with van der Waals surface area (Å²) in [5.41, 5.74) is 0. The molecule has 0 saturated heterocycles. The first-order chi connectivity index (χ1) is 23.1. The molecule has 0 bridgehead atoms. The van der Waals surface area contributed by atoms with Crippen molar-refractivity contribution >= 4 is 17.9 Å². The Labute approximate surface area is 293 Å². The highest BCUT2D eigenvalue weighted by Gasteiger charge is 2.31. The molecule has 0 radical (unpaired) electrons. The molecule has 0 heterocycles. The highest BCUT2D eigenvalue weighted by molar-refractivity contribution is 5.72. The van der Waals surface area contributed by atoms with Gasteiger partial charge in [-0.1, -0.05) is 114 Å². The maximum absolute atomic E-state index is 12.6. The van der Waals surface area contributed by atoms with Crippen LogP contribution in [0.4, 0.5) is 0 Å². The minimum absolute atomic E-state index is 0.0504. The van der Waals surface area contributed by atoms with Gasteiger partial charge in [0.05, 0.1) is 34.4 Å². The quantitative estimate of drug-likeness (QED) is 0.0328. The number of rotatable bonds is 32. The zero-order valence-corrected chi connectivity index (χ0v) is 31.2. The van der Waals surface area contributed by atoms with Gasteiger partial charge < -0.3 is 23.8 Å². The summed E-state index contributed by atoms with van der Waals surface area (Å²) in [5.74, 6) is -1.51. The Morgan fingerprint density at radius 1 is 0.646 bits per heavy atom. The Kier molecular flexibility index (Phi) is 29.8. The second kappa shape index (κ2) is 31.6. The second-order valence-corrected chi connectivity index (χ2v) is 13.5. The van der Waals surface area contributed by atoms with E-state index in [1.54, 1.807) is 0 Å². The van der Waals surface area contributed by atoms with E-state index in [0.29, 0.717) is 19.3 Å². The molecular weight excluding hydrogens is 606 g/mol. The van der Waals surface area contributed by atoms with Gasteiger partial charge in [-0.2, -0.15) is 0 Å². The van der Waals surface area contributed by atoms with Crippen LogP contribution in [0.1, 0.15) is 136 Å². The fraction of sp³-hybridized carbons (Fsp3) is 0.725. The smallest absolute Gasteiger partial charge is 0.362 e. The van der Waals surface area contributed by atoms with Gasteiger partial charge in [0.1, 0.15) is 6.61 Å². The molecule has 8 nitrogen and oxygen atoms in total. The molecule has 0 aromatic carbocycles. The van der Waals surface area contributed by atoms with E-state index in [4.69, 9.17) is 14.2 Å². The van der Waals surface area contributed by atoms with E-state index in [-0.39, 0.29) is 36.2 Å². The van der Waals surface area contributed by atoms with Crippen LogP contribution in [0.3, 0.4) is 0 Å². The monoisotopic (exact) mass is 677 g/mol. The van der Waals surface area contributed by atoms with Crippen LogP contribution in [-0.2, 0) is 28.6 Å². The molecule has 276 valence electrons. The van der Waals surface area contributed by atoms with Crippen LogP contribution < -0.4 is 0 Å².